The maximum atomic E-state index is 9.64. The van der Waals surface area contributed by atoms with Crippen LogP contribution < -0.4 is 29.6 Å². The van der Waals surface area contributed by atoms with Gasteiger partial charge in [-0.05, 0) is 0 Å². The van der Waals surface area contributed by atoms with E-state index in [0.717, 1.165) is 0 Å². The van der Waals surface area contributed by atoms with E-state index < -0.39 is 20.6 Å². The van der Waals surface area contributed by atoms with Crippen LogP contribution in [0.1, 0.15) is 14.3 Å². The number of hydrogen-bond acceptors (Lipinski definition) is 3. The summed E-state index contributed by atoms with van der Waals surface area (Å²) in [7, 11) is -0.833. The molecule has 0 bridgehead atoms. The Bertz CT molecular complexity index is 140. The van der Waals surface area contributed by atoms with Crippen LogP contribution in [0.5, 0.6) is 0 Å². The molecule has 0 atom stereocenters. The van der Waals surface area contributed by atoms with E-state index in [4.69, 9.17) is 19.7 Å². The Morgan fingerprint density at radius 1 is 1.17 bits per heavy atom. The SMILES string of the molecule is O=C(O)CCC(=O)O.O=PO.[H-].[Na+]. The first-order chi connectivity index (χ1) is 5.04. The summed E-state index contributed by atoms with van der Waals surface area (Å²) in [5, 5.41) is 15.8. The Morgan fingerprint density at radius 2 is 1.33 bits per heavy atom. The van der Waals surface area contributed by atoms with E-state index >= 15 is 0 Å². The van der Waals surface area contributed by atoms with Crippen LogP contribution in [0.3, 0.4) is 0 Å². The van der Waals surface area contributed by atoms with Gasteiger partial charge in [0.05, 0.1) is 12.8 Å². The number of hydrogen-bond donors (Lipinski definition) is 3. The third kappa shape index (κ3) is 32.4. The number of carboxylic acid groups (broad SMARTS) is 2. The average molecular weight is 206 g/mol. The van der Waals surface area contributed by atoms with Crippen molar-refractivity contribution in [2.75, 3.05) is 0 Å². The molecular formula is C4H8NaO6P. The second kappa shape index (κ2) is 13.6. The van der Waals surface area contributed by atoms with Gasteiger partial charge in [-0.25, -0.2) is 4.57 Å². The zero-order chi connectivity index (χ0) is 9.28. The molecule has 0 saturated carbocycles. The Labute approximate surface area is 93.7 Å². The molecule has 0 aromatic carbocycles. The molecule has 6 nitrogen and oxygen atoms in total. The van der Waals surface area contributed by atoms with Crippen molar-refractivity contribution in [2.45, 2.75) is 12.8 Å². The average Bonchev–Trinajstić information content (AvgIpc) is 1.85. The molecule has 0 amide bonds. The first-order valence-corrected chi connectivity index (χ1v) is 3.21. The maximum Gasteiger partial charge on any atom is 1.00 e. The monoisotopic (exact) mass is 206 g/mol. The summed E-state index contributed by atoms with van der Waals surface area (Å²) < 4.78 is 8.46. The molecule has 0 heterocycles. The van der Waals surface area contributed by atoms with Gasteiger partial charge in [-0.1, -0.05) is 0 Å². The van der Waals surface area contributed by atoms with Gasteiger partial charge in [0.1, 0.15) is 0 Å². The predicted molar refractivity (Wildman–Crippen MR) is 35.4 cm³/mol. The molecule has 0 aromatic heterocycles. The van der Waals surface area contributed by atoms with Gasteiger partial charge >= 0.3 is 50.2 Å². The smallest absolute Gasteiger partial charge is 1.00 e. The van der Waals surface area contributed by atoms with E-state index in [1.54, 1.807) is 0 Å². The minimum Gasteiger partial charge on any atom is -1.00 e. The summed E-state index contributed by atoms with van der Waals surface area (Å²) in [5.41, 5.74) is 0. The largest absolute Gasteiger partial charge is 1.00 e. The molecule has 3 N–H and O–H groups in total. The number of aliphatic carboxylic acids is 2. The maximum absolute atomic E-state index is 9.64. The van der Waals surface area contributed by atoms with E-state index in [2.05, 4.69) is 0 Å². The van der Waals surface area contributed by atoms with Crippen LogP contribution in [-0.2, 0) is 14.2 Å². The molecule has 0 aromatic rings. The van der Waals surface area contributed by atoms with Crippen molar-refractivity contribution in [2.24, 2.45) is 0 Å². The van der Waals surface area contributed by atoms with Gasteiger partial charge in [0.15, 0.2) is 0 Å². The van der Waals surface area contributed by atoms with E-state index in [1.165, 1.54) is 0 Å². The molecule has 0 unspecified atom stereocenters. The molecule has 0 aliphatic carbocycles. The van der Waals surface area contributed by atoms with E-state index in [-0.39, 0.29) is 43.8 Å². The minimum absolute atomic E-state index is 0. The minimum atomic E-state index is -1.08. The van der Waals surface area contributed by atoms with Crippen LogP contribution in [0.25, 0.3) is 0 Å². The van der Waals surface area contributed by atoms with Crippen LogP contribution in [0.2, 0.25) is 0 Å². The Hall–Kier alpha value is 0. The molecular weight excluding hydrogens is 198 g/mol. The molecule has 12 heavy (non-hydrogen) atoms. The molecule has 0 saturated heterocycles. The van der Waals surface area contributed by atoms with Crippen LogP contribution in [-0.4, -0.2) is 27.0 Å². The summed E-state index contributed by atoms with van der Waals surface area (Å²) in [4.78, 5) is 26.3. The number of carboxylic acids is 2. The van der Waals surface area contributed by atoms with Crippen molar-refractivity contribution >= 4 is 20.6 Å². The van der Waals surface area contributed by atoms with Gasteiger partial charge in [-0.3, -0.25) is 9.59 Å². The van der Waals surface area contributed by atoms with Gasteiger partial charge < -0.3 is 16.5 Å². The van der Waals surface area contributed by atoms with E-state index in [9.17, 15) is 9.59 Å². The first-order valence-electron chi connectivity index (χ1n) is 2.45. The van der Waals surface area contributed by atoms with Crippen molar-refractivity contribution in [3.05, 3.63) is 0 Å². The second-order valence-electron chi connectivity index (χ2n) is 1.37. The number of carbonyl (C=O) groups is 2. The normalized spacial score (nSPS) is 7.42. The fraction of sp³-hybridized carbons (Fsp3) is 0.500. The van der Waals surface area contributed by atoms with Gasteiger partial charge in [0.25, 0.3) is 0 Å². The molecule has 0 fully saturated rings. The zero-order valence-corrected chi connectivity index (χ0v) is 9.32. The van der Waals surface area contributed by atoms with Gasteiger partial charge in [0, 0.05) is 0 Å². The summed E-state index contributed by atoms with van der Waals surface area (Å²) in [6, 6.07) is 0. The summed E-state index contributed by atoms with van der Waals surface area (Å²) >= 11 is 0. The fourth-order valence-electron chi connectivity index (χ4n) is 0.214. The quantitative estimate of drug-likeness (QED) is 0.340. The van der Waals surface area contributed by atoms with Crippen molar-refractivity contribution < 1.29 is 60.2 Å². The zero-order valence-electron chi connectivity index (χ0n) is 7.43. The molecule has 0 radical (unpaired) electrons. The topological polar surface area (TPSA) is 112 Å². The van der Waals surface area contributed by atoms with Gasteiger partial charge in [-0.2, -0.15) is 0 Å². The van der Waals surface area contributed by atoms with Crippen molar-refractivity contribution in [3.8, 4) is 0 Å². The van der Waals surface area contributed by atoms with Crippen molar-refractivity contribution in [1.29, 1.82) is 0 Å². The third-order valence-electron chi connectivity index (χ3n) is 0.553. The van der Waals surface area contributed by atoms with Crippen LogP contribution in [0.4, 0.5) is 0 Å². The van der Waals surface area contributed by atoms with Gasteiger partial charge in [0.2, 0.25) is 0 Å². The number of rotatable bonds is 3. The molecule has 0 rings (SSSR count). The summed E-state index contributed by atoms with van der Waals surface area (Å²) in [6.45, 7) is 0. The van der Waals surface area contributed by atoms with Crippen molar-refractivity contribution in [3.63, 3.8) is 0 Å². The van der Waals surface area contributed by atoms with E-state index in [0.29, 0.717) is 0 Å². The molecule has 0 aliphatic heterocycles. The van der Waals surface area contributed by atoms with Crippen LogP contribution >= 0.6 is 8.69 Å². The van der Waals surface area contributed by atoms with Crippen LogP contribution in [0, 0.1) is 0 Å². The van der Waals surface area contributed by atoms with Gasteiger partial charge in [-0.15, -0.1) is 0 Å². The molecule has 0 aliphatic rings. The third-order valence-corrected chi connectivity index (χ3v) is 0.553. The Balaban J connectivity index is -0.0000000720. The van der Waals surface area contributed by atoms with Crippen molar-refractivity contribution in [1.82, 2.24) is 0 Å². The Kier molecular flexibility index (Phi) is 20.3. The summed E-state index contributed by atoms with van der Waals surface area (Å²) in [5.74, 6) is -2.15. The second-order valence-corrected chi connectivity index (χ2v) is 1.53. The predicted octanol–water partition coefficient (Wildman–Crippen LogP) is -2.76. The molecule has 66 valence electrons. The standard InChI is InChI=1S/C4H6O4.Na.HO2P.H/c5-3(6)1-2-4(7)8;;1-3-2;/h1-2H2,(H,5,6)(H,7,8);;(H,1,2);/q;+1;;-1. The molecule has 8 heteroatoms. The Morgan fingerprint density at radius 3 is 1.42 bits per heavy atom. The van der Waals surface area contributed by atoms with E-state index in [1.807, 2.05) is 0 Å². The summed E-state index contributed by atoms with van der Waals surface area (Å²) in [6.07, 6.45) is -0.593. The molecule has 0 spiro atoms. The van der Waals surface area contributed by atoms with Crippen LogP contribution in [0.15, 0.2) is 0 Å². The fourth-order valence-corrected chi connectivity index (χ4v) is 0.214. The first kappa shape index (κ1) is 17.9.